The highest BCUT2D eigenvalue weighted by Gasteiger charge is 2.22. The lowest BCUT2D eigenvalue weighted by atomic mass is 10.2. The molecule has 0 spiro atoms. The summed E-state index contributed by atoms with van der Waals surface area (Å²) in [6.07, 6.45) is 1.58. The number of nitrogen functional groups attached to an aromatic ring is 1. The van der Waals surface area contributed by atoms with Gasteiger partial charge in [-0.2, -0.15) is 0 Å². The quantitative estimate of drug-likeness (QED) is 0.285. The Morgan fingerprint density at radius 3 is 2.42 bits per heavy atom. The van der Waals surface area contributed by atoms with Gasteiger partial charge in [0.25, 0.3) is 0 Å². The number of nitrogens with one attached hydrogen (secondary N) is 1. The molecule has 0 saturated heterocycles. The molecule has 8 nitrogen and oxygen atoms in total. The van der Waals surface area contributed by atoms with Crippen LogP contribution in [-0.4, -0.2) is 32.6 Å². The van der Waals surface area contributed by atoms with Crippen LogP contribution in [-0.2, 0) is 4.79 Å². The summed E-state index contributed by atoms with van der Waals surface area (Å²) >= 11 is 1.25. The number of furan rings is 1. The van der Waals surface area contributed by atoms with Crippen molar-refractivity contribution in [3.8, 4) is 11.4 Å². The van der Waals surface area contributed by atoms with Crippen LogP contribution in [0.3, 0.4) is 0 Å². The first-order chi connectivity index (χ1) is 15.9. The smallest absolute Gasteiger partial charge is 0.237 e. The molecule has 33 heavy (non-hydrogen) atoms. The standard InChI is InChI=1S/C24H26N6O2S/c1-16(2)29(20-11-9-19(10-12-20)26-18-7-5-4-6-8-18)22(31)15-33-24-28-27-23(30(24)25)21-13-14-32-17(21)3/h4-14,16,26H,15,25H2,1-3H3. The molecule has 0 atom stereocenters. The van der Waals surface area contributed by atoms with E-state index in [2.05, 4.69) is 15.5 Å². The van der Waals surface area contributed by atoms with E-state index in [1.807, 2.05) is 75.4 Å². The van der Waals surface area contributed by atoms with Crippen molar-refractivity contribution in [1.82, 2.24) is 14.9 Å². The summed E-state index contributed by atoms with van der Waals surface area (Å²) in [5.74, 6) is 7.52. The van der Waals surface area contributed by atoms with E-state index in [0.717, 1.165) is 22.6 Å². The molecule has 3 N–H and O–H groups in total. The lowest BCUT2D eigenvalue weighted by Crippen LogP contribution is -2.38. The van der Waals surface area contributed by atoms with Crippen LogP contribution in [0.25, 0.3) is 11.4 Å². The van der Waals surface area contributed by atoms with Gasteiger partial charge in [0.2, 0.25) is 11.1 Å². The number of aromatic nitrogens is 3. The van der Waals surface area contributed by atoms with E-state index in [9.17, 15) is 4.79 Å². The van der Waals surface area contributed by atoms with Gasteiger partial charge in [-0.25, -0.2) is 4.68 Å². The molecule has 0 radical (unpaired) electrons. The number of nitrogens with zero attached hydrogens (tertiary/aromatic N) is 4. The van der Waals surface area contributed by atoms with E-state index >= 15 is 0 Å². The first kappa shape index (κ1) is 22.5. The fourth-order valence-corrected chi connectivity index (χ4v) is 4.21. The topological polar surface area (TPSA) is 102 Å². The van der Waals surface area contributed by atoms with Crippen LogP contribution >= 0.6 is 11.8 Å². The summed E-state index contributed by atoms with van der Waals surface area (Å²) in [7, 11) is 0. The normalized spacial score (nSPS) is 11.0. The van der Waals surface area contributed by atoms with Gasteiger partial charge in [0.15, 0.2) is 5.82 Å². The highest BCUT2D eigenvalue weighted by Crippen LogP contribution is 2.27. The van der Waals surface area contributed by atoms with Gasteiger partial charge >= 0.3 is 0 Å². The molecule has 170 valence electrons. The minimum absolute atomic E-state index is 0.00841. The summed E-state index contributed by atoms with van der Waals surface area (Å²) in [6, 6.07) is 19.6. The van der Waals surface area contributed by atoms with Gasteiger partial charge in [-0.3, -0.25) is 4.79 Å². The number of hydrogen-bond donors (Lipinski definition) is 2. The van der Waals surface area contributed by atoms with Gasteiger partial charge in [0.1, 0.15) is 5.76 Å². The Morgan fingerprint density at radius 1 is 1.09 bits per heavy atom. The van der Waals surface area contributed by atoms with Gasteiger partial charge in [0.05, 0.1) is 17.6 Å². The van der Waals surface area contributed by atoms with Crippen molar-refractivity contribution < 1.29 is 9.21 Å². The molecule has 4 rings (SSSR count). The summed E-state index contributed by atoms with van der Waals surface area (Å²) < 4.78 is 6.71. The second kappa shape index (κ2) is 9.83. The molecule has 0 aliphatic heterocycles. The molecule has 0 saturated carbocycles. The number of rotatable bonds is 8. The number of anilines is 3. The predicted octanol–water partition coefficient (Wildman–Crippen LogP) is 4.84. The Morgan fingerprint density at radius 2 is 1.79 bits per heavy atom. The van der Waals surface area contributed by atoms with E-state index in [0.29, 0.717) is 16.7 Å². The fourth-order valence-electron chi connectivity index (χ4n) is 3.50. The number of carbonyl (C=O) groups is 1. The Balaban J connectivity index is 1.44. The third kappa shape index (κ3) is 5.04. The van der Waals surface area contributed by atoms with Gasteiger partial charge in [-0.1, -0.05) is 30.0 Å². The lowest BCUT2D eigenvalue weighted by molar-refractivity contribution is -0.116. The Bertz CT molecular complexity index is 1220. The number of aryl methyl sites for hydroxylation is 1. The molecule has 0 fully saturated rings. The minimum atomic E-state index is -0.0391. The number of carbonyl (C=O) groups excluding carboxylic acids is 1. The third-order valence-electron chi connectivity index (χ3n) is 5.08. The maximum Gasteiger partial charge on any atom is 0.237 e. The largest absolute Gasteiger partial charge is 0.469 e. The van der Waals surface area contributed by atoms with Crippen LogP contribution in [0.2, 0.25) is 0 Å². The lowest BCUT2D eigenvalue weighted by Gasteiger charge is -2.27. The molecule has 0 aliphatic carbocycles. The zero-order valence-electron chi connectivity index (χ0n) is 18.7. The second-order valence-electron chi connectivity index (χ2n) is 7.75. The van der Waals surface area contributed by atoms with Crippen LogP contribution < -0.4 is 16.1 Å². The van der Waals surface area contributed by atoms with E-state index in [4.69, 9.17) is 10.3 Å². The molecule has 2 heterocycles. The van der Waals surface area contributed by atoms with Crippen LogP contribution in [0.4, 0.5) is 17.1 Å². The second-order valence-corrected chi connectivity index (χ2v) is 8.69. The maximum atomic E-state index is 13.1. The van der Waals surface area contributed by atoms with E-state index < -0.39 is 0 Å². The van der Waals surface area contributed by atoms with Gasteiger partial charge in [-0.15, -0.1) is 10.2 Å². The number of benzene rings is 2. The molecule has 4 aromatic rings. The van der Waals surface area contributed by atoms with Crippen LogP contribution in [0.15, 0.2) is 76.5 Å². The number of hydrogen-bond acceptors (Lipinski definition) is 7. The van der Waals surface area contributed by atoms with E-state index in [1.165, 1.54) is 16.4 Å². The molecule has 1 amide bonds. The van der Waals surface area contributed by atoms with E-state index in [1.54, 1.807) is 17.2 Å². The van der Waals surface area contributed by atoms with Crippen molar-refractivity contribution in [2.24, 2.45) is 0 Å². The first-order valence-corrected chi connectivity index (χ1v) is 11.5. The number of para-hydroxylation sites is 1. The van der Waals surface area contributed by atoms with Crippen molar-refractivity contribution >= 4 is 34.7 Å². The van der Waals surface area contributed by atoms with Gasteiger partial charge < -0.3 is 20.5 Å². The molecule has 2 aromatic heterocycles. The summed E-state index contributed by atoms with van der Waals surface area (Å²) in [6.45, 7) is 5.81. The van der Waals surface area contributed by atoms with Crippen molar-refractivity contribution in [2.75, 3.05) is 21.8 Å². The number of thioether (sulfide) groups is 1. The third-order valence-corrected chi connectivity index (χ3v) is 6.01. The maximum absolute atomic E-state index is 13.1. The molecular weight excluding hydrogens is 436 g/mol. The number of nitrogens with two attached hydrogens (primary N) is 1. The molecule has 0 bridgehead atoms. The summed E-state index contributed by atoms with van der Waals surface area (Å²) in [4.78, 5) is 14.9. The van der Waals surface area contributed by atoms with Crippen LogP contribution in [0.1, 0.15) is 19.6 Å². The highest BCUT2D eigenvalue weighted by molar-refractivity contribution is 7.99. The minimum Gasteiger partial charge on any atom is -0.469 e. The van der Waals surface area contributed by atoms with Gasteiger partial charge in [-0.05, 0) is 63.2 Å². The Kier molecular flexibility index (Phi) is 6.69. The fraction of sp³-hybridized carbons (Fsp3) is 0.208. The molecule has 0 unspecified atom stereocenters. The molecule has 9 heteroatoms. The SMILES string of the molecule is Cc1occc1-c1nnc(SCC(=O)N(c2ccc(Nc3ccccc3)cc2)C(C)C)n1N. The van der Waals surface area contributed by atoms with Crippen molar-refractivity contribution in [2.45, 2.75) is 32.0 Å². The Labute approximate surface area is 196 Å². The molecule has 2 aromatic carbocycles. The van der Waals surface area contributed by atoms with Crippen molar-refractivity contribution in [1.29, 1.82) is 0 Å². The first-order valence-electron chi connectivity index (χ1n) is 10.6. The summed E-state index contributed by atoms with van der Waals surface area (Å²) in [5, 5.41) is 12.1. The molecule has 0 aliphatic rings. The zero-order valence-corrected chi connectivity index (χ0v) is 19.5. The van der Waals surface area contributed by atoms with Gasteiger partial charge in [0, 0.05) is 23.1 Å². The van der Waals surface area contributed by atoms with Crippen LogP contribution in [0, 0.1) is 6.92 Å². The predicted molar refractivity (Wildman–Crippen MR) is 132 cm³/mol. The van der Waals surface area contributed by atoms with Crippen molar-refractivity contribution in [3.05, 3.63) is 72.7 Å². The monoisotopic (exact) mass is 462 g/mol. The summed E-state index contributed by atoms with van der Waals surface area (Å²) in [5.41, 5.74) is 3.57. The van der Waals surface area contributed by atoms with Crippen molar-refractivity contribution in [3.63, 3.8) is 0 Å². The average Bonchev–Trinajstić information content (AvgIpc) is 3.39. The number of amides is 1. The zero-order chi connectivity index (χ0) is 23.4. The molecular formula is C24H26N6O2S. The highest BCUT2D eigenvalue weighted by atomic mass is 32.2. The Hall–Kier alpha value is -3.72. The average molecular weight is 463 g/mol. The van der Waals surface area contributed by atoms with E-state index in [-0.39, 0.29) is 17.7 Å². The van der Waals surface area contributed by atoms with Crippen LogP contribution in [0.5, 0.6) is 0 Å².